The highest BCUT2D eigenvalue weighted by molar-refractivity contribution is 6.32. The van der Waals surface area contributed by atoms with E-state index in [0.717, 1.165) is 5.56 Å². The zero-order valence-corrected chi connectivity index (χ0v) is 13.5. The lowest BCUT2D eigenvalue weighted by atomic mass is 10.1. The van der Waals surface area contributed by atoms with E-state index in [9.17, 15) is 10.1 Å². The minimum Gasteiger partial charge on any atom is -0.495 e. The Bertz CT molecular complexity index is 807. The second kappa shape index (κ2) is 7.48. The molecule has 0 fully saturated rings. The number of hydrogen-bond donors (Lipinski definition) is 1. The molecule has 2 aromatic carbocycles. The Labute approximate surface area is 140 Å². The van der Waals surface area contributed by atoms with Gasteiger partial charge in [0, 0.05) is 5.69 Å². The van der Waals surface area contributed by atoms with E-state index in [4.69, 9.17) is 16.3 Å². The van der Waals surface area contributed by atoms with Gasteiger partial charge in [-0.1, -0.05) is 29.8 Å². The van der Waals surface area contributed by atoms with Gasteiger partial charge in [0.1, 0.15) is 17.4 Å². The predicted octanol–water partition coefficient (Wildman–Crippen LogP) is 4.20. The van der Waals surface area contributed by atoms with E-state index in [2.05, 4.69) is 5.32 Å². The maximum Gasteiger partial charge on any atom is 0.266 e. The van der Waals surface area contributed by atoms with Gasteiger partial charge < -0.3 is 10.1 Å². The van der Waals surface area contributed by atoms with Crippen LogP contribution in [0.2, 0.25) is 5.02 Å². The van der Waals surface area contributed by atoms with E-state index in [0.29, 0.717) is 22.0 Å². The van der Waals surface area contributed by atoms with Crippen LogP contribution in [0.5, 0.6) is 5.75 Å². The van der Waals surface area contributed by atoms with E-state index < -0.39 is 5.91 Å². The molecule has 0 atom stereocenters. The lowest BCUT2D eigenvalue weighted by molar-refractivity contribution is -0.112. The molecule has 0 saturated heterocycles. The van der Waals surface area contributed by atoms with E-state index >= 15 is 0 Å². The van der Waals surface area contributed by atoms with Crippen molar-refractivity contribution < 1.29 is 9.53 Å². The minimum atomic E-state index is -0.468. The molecule has 0 heterocycles. The number of carbonyl (C=O) groups is 1. The summed E-state index contributed by atoms with van der Waals surface area (Å²) in [6.07, 6.45) is 1.48. The number of nitriles is 1. The van der Waals surface area contributed by atoms with Gasteiger partial charge in [-0.2, -0.15) is 5.26 Å². The van der Waals surface area contributed by atoms with Crippen molar-refractivity contribution in [1.82, 2.24) is 0 Å². The molecule has 0 spiro atoms. The Morgan fingerprint density at radius 1 is 1.30 bits per heavy atom. The quantitative estimate of drug-likeness (QED) is 0.676. The Kier molecular flexibility index (Phi) is 5.40. The number of amides is 1. The first kappa shape index (κ1) is 16.6. The number of rotatable bonds is 4. The normalized spacial score (nSPS) is 10.8. The average Bonchev–Trinajstić information content (AvgIpc) is 2.52. The highest BCUT2D eigenvalue weighted by atomic mass is 35.5. The molecule has 23 heavy (non-hydrogen) atoms. The number of nitrogens with one attached hydrogen (secondary N) is 1. The van der Waals surface area contributed by atoms with Crippen LogP contribution in [0.1, 0.15) is 11.1 Å². The van der Waals surface area contributed by atoms with Crippen LogP contribution in [0.25, 0.3) is 6.08 Å². The third kappa shape index (κ3) is 4.35. The Morgan fingerprint density at radius 3 is 2.70 bits per heavy atom. The van der Waals surface area contributed by atoms with Crippen molar-refractivity contribution in [2.75, 3.05) is 12.4 Å². The maximum atomic E-state index is 12.2. The Hall–Kier alpha value is -2.77. The van der Waals surface area contributed by atoms with Gasteiger partial charge in [-0.15, -0.1) is 0 Å². The number of methoxy groups -OCH3 is 1. The second-order valence-electron chi connectivity index (χ2n) is 4.89. The molecule has 0 saturated carbocycles. The molecule has 0 aromatic heterocycles. The lowest BCUT2D eigenvalue weighted by Crippen LogP contribution is -2.13. The summed E-state index contributed by atoms with van der Waals surface area (Å²) in [5.41, 5.74) is 2.30. The van der Waals surface area contributed by atoms with Crippen molar-refractivity contribution in [3.8, 4) is 11.8 Å². The smallest absolute Gasteiger partial charge is 0.266 e. The fourth-order valence-corrected chi connectivity index (χ4v) is 2.28. The largest absolute Gasteiger partial charge is 0.495 e. The third-order valence-corrected chi connectivity index (χ3v) is 3.42. The number of anilines is 1. The number of carbonyl (C=O) groups excluding carboxylic acids is 1. The van der Waals surface area contributed by atoms with Crippen LogP contribution in [0, 0.1) is 18.3 Å². The standard InChI is InChI=1S/C18H15ClN2O2/c1-12-4-3-5-15(8-12)21-18(22)14(11-20)9-13-6-7-17(23-2)16(19)10-13/h3-10H,1-2H3,(H,21,22)/b14-9+. The fraction of sp³-hybridized carbons (Fsp3) is 0.111. The second-order valence-corrected chi connectivity index (χ2v) is 5.29. The van der Waals surface area contributed by atoms with Gasteiger partial charge in [0.15, 0.2) is 0 Å². The summed E-state index contributed by atoms with van der Waals surface area (Å²) in [4.78, 5) is 12.2. The van der Waals surface area contributed by atoms with E-state index in [1.54, 1.807) is 24.3 Å². The molecule has 2 rings (SSSR count). The summed E-state index contributed by atoms with van der Waals surface area (Å²) < 4.78 is 5.07. The van der Waals surface area contributed by atoms with E-state index in [1.165, 1.54) is 13.2 Å². The topological polar surface area (TPSA) is 62.1 Å². The van der Waals surface area contributed by atoms with Gasteiger partial charge in [0.05, 0.1) is 12.1 Å². The average molecular weight is 327 g/mol. The van der Waals surface area contributed by atoms with Crippen molar-refractivity contribution in [3.63, 3.8) is 0 Å². The van der Waals surface area contributed by atoms with Gasteiger partial charge in [0.25, 0.3) is 5.91 Å². The molecular formula is C18H15ClN2O2. The Morgan fingerprint density at radius 2 is 2.09 bits per heavy atom. The molecular weight excluding hydrogens is 312 g/mol. The predicted molar refractivity (Wildman–Crippen MR) is 91.4 cm³/mol. The third-order valence-electron chi connectivity index (χ3n) is 3.13. The monoisotopic (exact) mass is 326 g/mol. The zero-order chi connectivity index (χ0) is 16.8. The van der Waals surface area contributed by atoms with Crippen LogP contribution in [0.15, 0.2) is 48.0 Å². The SMILES string of the molecule is COc1ccc(/C=C(\C#N)C(=O)Nc2cccc(C)c2)cc1Cl. The number of aryl methyl sites for hydroxylation is 1. The van der Waals surface area contributed by atoms with Crippen LogP contribution in [0.3, 0.4) is 0 Å². The first-order chi connectivity index (χ1) is 11.0. The zero-order valence-electron chi connectivity index (χ0n) is 12.8. The lowest BCUT2D eigenvalue weighted by Gasteiger charge is -2.06. The van der Waals surface area contributed by atoms with Crippen molar-refractivity contribution in [3.05, 3.63) is 64.2 Å². The number of hydrogen-bond acceptors (Lipinski definition) is 3. The molecule has 4 nitrogen and oxygen atoms in total. The molecule has 0 aliphatic heterocycles. The Balaban J connectivity index is 2.23. The van der Waals surface area contributed by atoms with Gasteiger partial charge in [-0.25, -0.2) is 0 Å². The number of halogens is 1. The highest BCUT2D eigenvalue weighted by Gasteiger charge is 2.10. The van der Waals surface area contributed by atoms with Gasteiger partial charge in [0.2, 0.25) is 0 Å². The van der Waals surface area contributed by atoms with E-state index in [-0.39, 0.29) is 5.57 Å². The summed E-state index contributed by atoms with van der Waals surface area (Å²) in [5, 5.41) is 12.3. The van der Waals surface area contributed by atoms with Crippen LogP contribution >= 0.6 is 11.6 Å². The summed E-state index contributed by atoms with van der Waals surface area (Å²) in [7, 11) is 1.52. The molecule has 0 aliphatic carbocycles. The van der Waals surface area contributed by atoms with Gasteiger partial charge >= 0.3 is 0 Å². The molecule has 0 bridgehead atoms. The van der Waals surface area contributed by atoms with Crippen LogP contribution in [0.4, 0.5) is 5.69 Å². The minimum absolute atomic E-state index is 0.00672. The van der Waals surface area contributed by atoms with Gasteiger partial charge in [-0.3, -0.25) is 4.79 Å². The van der Waals surface area contributed by atoms with Crippen molar-refractivity contribution in [2.45, 2.75) is 6.92 Å². The molecule has 0 radical (unpaired) electrons. The molecule has 5 heteroatoms. The fourth-order valence-electron chi connectivity index (χ4n) is 2.01. The highest BCUT2D eigenvalue weighted by Crippen LogP contribution is 2.26. The van der Waals surface area contributed by atoms with Crippen LogP contribution in [-0.2, 0) is 4.79 Å². The molecule has 116 valence electrons. The summed E-state index contributed by atoms with van der Waals surface area (Å²) in [6.45, 7) is 1.93. The summed E-state index contributed by atoms with van der Waals surface area (Å²) in [5.74, 6) is 0.0663. The molecule has 0 aliphatic rings. The van der Waals surface area contributed by atoms with E-state index in [1.807, 2.05) is 31.2 Å². The molecule has 1 amide bonds. The molecule has 1 N–H and O–H groups in total. The van der Waals surface area contributed by atoms with Crippen molar-refractivity contribution >= 4 is 29.3 Å². The first-order valence-corrected chi connectivity index (χ1v) is 7.24. The molecule has 2 aromatic rings. The maximum absolute atomic E-state index is 12.2. The number of nitrogens with zero attached hydrogens (tertiary/aromatic N) is 1. The number of ether oxygens (including phenoxy) is 1. The van der Waals surface area contributed by atoms with Crippen LogP contribution < -0.4 is 10.1 Å². The summed E-state index contributed by atoms with van der Waals surface area (Å²) >= 11 is 6.05. The van der Waals surface area contributed by atoms with Gasteiger partial charge in [-0.05, 0) is 48.4 Å². The van der Waals surface area contributed by atoms with Crippen molar-refractivity contribution in [2.24, 2.45) is 0 Å². The first-order valence-electron chi connectivity index (χ1n) is 6.87. The molecule has 0 unspecified atom stereocenters. The van der Waals surface area contributed by atoms with Crippen molar-refractivity contribution in [1.29, 1.82) is 5.26 Å². The summed E-state index contributed by atoms with van der Waals surface area (Å²) in [6, 6.07) is 14.3. The number of benzene rings is 2. The van der Waals surface area contributed by atoms with Crippen LogP contribution in [-0.4, -0.2) is 13.0 Å².